The Morgan fingerprint density at radius 2 is 2.10 bits per heavy atom. The molecular weight excluding hydrogens is 268 g/mol. The van der Waals surface area contributed by atoms with Gasteiger partial charge in [0.15, 0.2) is 11.6 Å². The summed E-state index contributed by atoms with van der Waals surface area (Å²) in [5.74, 6) is 0.782. The SMILES string of the molecule is CC(=O)c1cccc(Nc2ncnc(OC(C)C)c2N)c1. The van der Waals surface area contributed by atoms with E-state index in [0.29, 0.717) is 22.9 Å². The van der Waals surface area contributed by atoms with E-state index >= 15 is 0 Å². The Morgan fingerprint density at radius 3 is 2.76 bits per heavy atom. The molecular formula is C15H18N4O2. The second kappa shape index (κ2) is 6.21. The van der Waals surface area contributed by atoms with Crippen LogP contribution in [0.15, 0.2) is 30.6 Å². The van der Waals surface area contributed by atoms with Crippen molar-refractivity contribution in [3.8, 4) is 5.88 Å². The largest absolute Gasteiger partial charge is 0.473 e. The highest BCUT2D eigenvalue weighted by atomic mass is 16.5. The van der Waals surface area contributed by atoms with Gasteiger partial charge in [0.1, 0.15) is 12.0 Å². The van der Waals surface area contributed by atoms with Gasteiger partial charge in [-0.1, -0.05) is 12.1 Å². The summed E-state index contributed by atoms with van der Waals surface area (Å²) in [5.41, 5.74) is 7.67. The van der Waals surface area contributed by atoms with Crippen LogP contribution in [0.5, 0.6) is 5.88 Å². The minimum atomic E-state index is -0.0314. The molecule has 0 amide bonds. The first kappa shape index (κ1) is 14.8. The number of ketones is 1. The first-order valence-corrected chi connectivity index (χ1v) is 6.62. The molecule has 0 aliphatic carbocycles. The van der Waals surface area contributed by atoms with E-state index in [-0.39, 0.29) is 11.9 Å². The van der Waals surface area contributed by atoms with E-state index in [0.717, 1.165) is 5.69 Å². The van der Waals surface area contributed by atoms with Crippen LogP contribution in [-0.4, -0.2) is 21.9 Å². The fourth-order valence-electron chi connectivity index (χ4n) is 1.75. The Bertz CT molecular complexity index is 656. The molecule has 0 spiro atoms. The number of aromatic nitrogens is 2. The van der Waals surface area contributed by atoms with Crippen molar-refractivity contribution >= 4 is 23.0 Å². The number of anilines is 3. The van der Waals surface area contributed by atoms with Gasteiger partial charge in [-0.2, -0.15) is 4.98 Å². The molecule has 6 nitrogen and oxygen atoms in total. The number of rotatable bonds is 5. The molecule has 110 valence electrons. The Morgan fingerprint density at radius 1 is 1.33 bits per heavy atom. The molecule has 21 heavy (non-hydrogen) atoms. The molecule has 6 heteroatoms. The van der Waals surface area contributed by atoms with E-state index in [1.54, 1.807) is 18.2 Å². The van der Waals surface area contributed by atoms with E-state index < -0.39 is 0 Å². The van der Waals surface area contributed by atoms with Crippen LogP contribution in [0.3, 0.4) is 0 Å². The number of nitrogens with one attached hydrogen (secondary N) is 1. The Labute approximate surface area is 123 Å². The molecule has 0 aliphatic rings. The van der Waals surface area contributed by atoms with Gasteiger partial charge in [-0.05, 0) is 32.9 Å². The zero-order chi connectivity index (χ0) is 15.4. The van der Waals surface area contributed by atoms with E-state index in [2.05, 4.69) is 15.3 Å². The zero-order valence-corrected chi connectivity index (χ0v) is 12.3. The minimum Gasteiger partial charge on any atom is -0.473 e. The van der Waals surface area contributed by atoms with E-state index in [1.807, 2.05) is 19.9 Å². The number of nitrogen functional groups attached to an aromatic ring is 1. The van der Waals surface area contributed by atoms with Gasteiger partial charge in [0.25, 0.3) is 0 Å². The van der Waals surface area contributed by atoms with Crippen molar-refractivity contribution in [2.24, 2.45) is 0 Å². The molecule has 1 heterocycles. The van der Waals surface area contributed by atoms with Gasteiger partial charge in [-0.3, -0.25) is 4.79 Å². The summed E-state index contributed by atoms with van der Waals surface area (Å²) in [7, 11) is 0. The van der Waals surface area contributed by atoms with Crippen LogP contribution in [0.1, 0.15) is 31.1 Å². The molecule has 0 fully saturated rings. The summed E-state index contributed by atoms with van der Waals surface area (Å²) in [6, 6.07) is 7.12. The molecule has 0 unspecified atom stereocenters. The fourth-order valence-corrected chi connectivity index (χ4v) is 1.75. The number of ether oxygens (including phenoxy) is 1. The molecule has 2 rings (SSSR count). The highest BCUT2D eigenvalue weighted by Gasteiger charge is 2.11. The average molecular weight is 286 g/mol. The summed E-state index contributed by atoms with van der Waals surface area (Å²) in [5, 5.41) is 3.07. The van der Waals surface area contributed by atoms with Crippen LogP contribution in [0.25, 0.3) is 0 Å². The summed E-state index contributed by atoms with van der Waals surface area (Å²) in [4.78, 5) is 19.5. The zero-order valence-electron chi connectivity index (χ0n) is 12.3. The van der Waals surface area contributed by atoms with E-state index in [4.69, 9.17) is 10.5 Å². The van der Waals surface area contributed by atoms with Crippen molar-refractivity contribution in [3.63, 3.8) is 0 Å². The molecule has 0 aliphatic heterocycles. The van der Waals surface area contributed by atoms with Gasteiger partial charge in [0.2, 0.25) is 5.88 Å². The summed E-state index contributed by atoms with van der Waals surface area (Å²) < 4.78 is 5.52. The molecule has 1 aromatic heterocycles. The quantitative estimate of drug-likeness (QED) is 0.821. The minimum absolute atomic E-state index is 0.00172. The number of nitrogens with zero attached hydrogens (tertiary/aromatic N) is 2. The van der Waals surface area contributed by atoms with Crippen molar-refractivity contribution in [2.45, 2.75) is 26.9 Å². The molecule has 1 aromatic carbocycles. The predicted molar refractivity (Wildman–Crippen MR) is 81.9 cm³/mol. The number of carbonyl (C=O) groups is 1. The van der Waals surface area contributed by atoms with Crippen LogP contribution >= 0.6 is 0 Å². The summed E-state index contributed by atoms with van der Waals surface area (Å²) >= 11 is 0. The first-order chi connectivity index (χ1) is 9.97. The van der Waals surface area contributed by atoms with Crippen molar-refractivity contribution < 1.29 is 9.53 Å². The monoisotopic (exact) mass is 286 g/mol. The fraction of sp³-hybridized carbons (Fsp3) is 0.267. The standard InChI is InChI=1S/C15H18N4O2/c1-9(2)21-15-13(16)14(17-8-18-15)19-12-6-4-5-11(7-12)10(3)20/h4-9H,16H2,1-3H3,(H,17,18,19). The van der Waals surface area contributed by atoms with Crippen molar-refractivity contribution in [1.29, 1.82) is 0 Å². The third kappa shape index (κ3) is 3.68. The maximum absolute atomic E-state index is 11.4. The molecule has 0 radical (unpaired) electrons. The lowest BCUT2D eigenvalue weighted by Crippen LogP contribution is -2.11. The maximum atomic E-state index is 11.4. The number of Topliss-reactive ketones (excluding diaryl/α,β-unsaturated/α-hetero) is 1. The number of nitrogens with two attached hydrogens (primary N) is 1. The Hall–Kier alpha value is -2.63. The molecule has 0 saturated heterocycles. The van der Waals surface area contributed by atoms with Crippen LogP contribution in [0.4, 0.5) is 17.2 Å². The van der Waals surface area contributed by atoms with Crippen LogP contribution in [0.2, 0.25) is 0 Å². The summed E-state index contributed by atoms with van der Waals surface area (Å²) in [6.45, 7) is 5.31. The topological polar surface area (TPSA) is 90.1 Å². The van der Waals surface area contributed by atoms with Gasteiger partial charge < -0.3 is 15.8 Å². The van der Waals surface area contributed by atoms with Gasteiger partial charge in [0.05, 0.1) is 6.10 Å². The van der Waals surface area contributed by atoms with Crippen LogP contribution in [-0.2, 0) is 0 Å². The predicted octanol–water partition coefficient (Wildman–Crippen LogP) is 2.79. The van der Waals surface area contributed by atoms with Crippen molar-refractivity contribution in [1.82, 2.24) is 9.97 Å². The number of carbonyl (C=O) groups excluding carboxylic acids is 1. The lowest BCUT2D eigenvalue weighted by Gasteiger charge is -2.14. The lowest BCUT2D eigenvalue weighted by atomic mass is 10.1. The molecule has 0 bridgehead atoms. The average Bonchev–Trinajstić information content (AvgIpc) is 2.43. The van der Waals surface area contributed by atoms with Crippen molar-refractivity contribution in [2.75, 3.05) is 11.1 Å². The number of hydrogen-bond donors (Lipinski definition) is 2. The highest BCUT2D eigenvalue weighted by molar-refractivity contribution is 5.95. The van der Waals surface area contributed by atoms with Crippen molar-refractivity contribution in [3.05, 3.63) is 36.2 Å². The van der Waals surface area contributed by atoms with Crippen LogP contribution < -0.4 is 15.8 Å². The summed E-state index contributed by atoms with van der Waals surface area (Å²) in [6.07, 6.45) is 1.35. The van der Waals surface area contributed by atoms with Gasteiger partial charge in [0, 0.05) is 11.3 Å². The number of benzene rings is 1. The van der Waals surface area contributed by atoms with Gasteiger partial charge in [-0.15, -0.1) is 0 Å². The third-order valence-corrected chi connectivity index (χ3v) is 2.73. The normalized spacial score (nSPS) is 10.5. The second-order valence-electron chi connectivity index (χ2n) is 4.87. The maximum Gasteiger partial charge on any atom is 0.242 e. The Kier molecular flexibility index (Phi) is 4.37. The molecule has 0 saturated carbocycles. The Balaban J connectivity index is 2.27. The lowest BCUT2D eigenvalue weighted by molar-refractivity contribution is 0.101. The smallest absolute Gasteiger partial charge is 0.242 e. The van der Waals surface area contributed by atoms with Gasteiger partial charge >= 0.3 is 0 Å². The van der Waals surface area contributed by atoms with E-state index in [9.17, 15) is 4.79 Å². The molecule has 0 atom stereocenters. The number of hydrogen-bond acceptors (Lipinski definition) is 6. The van der Waals surface area contributed by atoms with Crippen LogP contribution in [0, 0.1) is 0 Å². The third-order valence-electron chi connectivity index (χ3n) is 2.73. The highest BCUT2D eigenvalue weighted by Crippen LogP contribution is 2.28. The second-order valence-corrected chi connectivity index (χ2v) is 4.87. The molecule has 2 aromatic rings. The van der Waals surface area contributed by atoms with E-state index in [1.165, 1.54) is 13.3 Å². The first-order valence-electron chi connectivity index (χ1n) is 6.62. The van der Waals surface area contributed by atoms with Gasteiger partial charge in [-0.25, -0.2) is 4.98 Å². The molecule has 3 N–H and O–H groups in total.